The Bertz CT molecular complexity index is 1280. The van der Waals surface area contributed by atoms with E-state index >= 15 is 0 Å². The van der Waals surface area contributed by atoms with E-state index in [2.05, 4.69) is 10.4 Å². The highest BCUT2D eigenvalue weighted by atomic mass is 35.5. The number of piperidine rings is 1. The van der Waals surface area contributed by atoms with Gasteiger partial charge in [0.2, 0.25) is 0 Å². The predicted molar refractivity (Wildman–Crippen MR) is 150 cm³/mol. The van der Waals surface area contributed by atoms with Crippen molar-refractivity contribution in [3.63, 3.8) is 0 Å². The quantitative estimate of drug-likeness (QED) is 0.248. The first-order valence-corrected chi connectivity index (χ1v) is 13.5. The van der Waals surface area contributed by atoms with Crippen molar-refractivity contribution in [3.05, 3.63) is 111 Å². The van der Waals surface area contributed by atoms with Crippen LogP contribution < -0.4 is 5.48 Å². The van der Waals surface area contributed by atoms with Crippen LogP contribution in [0.4, 0.5) is 8.78 Å². The molecule has 2 N–H and O–H groups in total. The van der Waals surface area contributed by atoms with Gasteiger partial charge in [0.1, 0.15) is 11.6 Å². The number of likely N-dealkylation sites (tertiary alicyclic amines) is 1. The molecule has 0 amide bonds. The normalized spacial score (nSPS) is 16.2. The fourth-order valence-corrected chi connectivity index (χ4v) is 5.11. The van der Waals surface area contributed by atoms with Crippen LogP contribution in [-0.4, -0.2) is 43.4 Å². The van der Waals surface area contributed by atoms with Gasteiger partial charge in [-0.25, -0.2) is 8.78 Å². The Morgan fingerprint density at radius 1 is 1.00 bits per heavy atom. The van der Waals surface area contributed by atoms with Gasteiger partial charge in [-0.15, -0.1) is 0 Å². The molecule has 1 aliphatic heterocycles. The highest BCUT2D eigenvalue weighted by Crippen LogP contribution is 2.34. The van der Waals surface area contributed by atoms with Crippen LogP contribution in [0.25, 0.3) is 5.57 Å². The maximum absolute atomic E-state index is 14.1. The second-order valence-corrected chi connectivity index (χ2v) is 10.4. The van der Waals surface area contributed by atoms with Crippen molar-refractivity contribution in [3.8, 4) is 0 Å². The largest absolute Gasteiger partial charge is 0.385 e. The van der Waals surface area contributed by atoms with Crippen molar-refractivity contribution in [1.82, 2.24) is 10.4 Å². The summed E-state index contributed by atoms with van der Waals surface area (Å²) >= 11 is 12.5. The number of nitrogens with one attached hydrogen (secondary N) is 1. The molecule has 1 heterocycles. The lowest BCUT2D eigenvalue weighted by Crippen LogP contribution is -2.43. The molecule has 4 rings (SSSR count). The number of ether oxygens (including phenoxy) is 1. The fourth-order valence-electron chi connectivity index (χ4n) is 4.81. The summed E-state index contributed by atoms with van der Waals surface area (Å²) in [5.74, 6) is -1.30. The Hall–Kier alpha value is -2.52. The van der Waals surface area contributed by atoms with Gasteiger partial charge in [-0.2, -0.15) is 0 Å². The highest BCUT2D eigenvalue weighted by molar-refractivity contribution is 6.42. The van der Waals surface area contributed by atoms with Gasteiger partial charge in [-0.3, -0.25) is 10.3 Å². The van der Waals surface area contributed by atoms with E-state index in [4.69, 9.17) is 32.8 Å². The molecule has 0 bridgehead atoms. The lowest BCUT2D eigenvalue weighted by atomic mass is 9.84. The van der Waals surface area contributed by atoms with Crippen molar-refractivity contribution in [2.75, 3.05) is 33.4 Å². The molecule has 3 aromatic carbocycles. The summed E-state index contributed by atoms with van der Waals surface area (Å²) in [6.07, 6.45) is 1.90. The standard InChI is InChI=1S/C30H32Cl2F2N2O3/c1-38-35-29(20-39-19-22-7-9-24(33)18-28(22)34)25(21-8-10-26(31)27(32)17-21)11-14-36-15-12-30(37,13-16-36)23-5-3-2-4-6-23/h2-10,17-18,35,37H,11-16,19-20H2,1H3. The second-order valence-electron chi connectivity index (χ2n) is 9.61. The minimum atomic E-state index is -0.827. The summed E-state index contributed by atoms with van der Waals surface area (Å²) in [6.45, 7) is 2.26. The molecular weight excluding hydrogens is 545 g/mol. The van der Waals surface area contributed by atoms with Crippen molar-refractivity contribution in [2.45, 2.75) is 31.5 Å². The Morgan fingerprint density at radius 3 is 2.41 bits per heavy atom. The van der Waals surface area contributed by atoms with Crippen molar-refractivity contribution in [1.29, 1.82) is 0 Å². The van der Waals surface area contributed by atoms with Gasteiger partial charge in [-0.1, -0.05) is 65.7 Å². The van der Waals surface area contributed by atoms with Crippen LogP contribution in [-0.2, 0) is 21.8 Å². The molecule has 0 aliphatic carbocycles. The third-order valence-electron chi connectivity index (χ3n) is 7.05. The summed E-state index contributed by atoms with van der Waals surface area (Å²) in [5, 5.41) is 12.1. The van der Waals surface area contributed by atoms with Gasteiger partial charge < -0.3 is 14.7 Å². The molecular formula is C30H32Cl2F2N2O3. The van der Waals surface area contributed by atoms with Crippen LogP contribution in [0.5, 0.6) is 0 Å². The third kappa shape index (κ3) is 7.78. The van der Waals surface area contributed by atoms with E-state index in [0.717, 1.165) is 42.4 Å². The molecule has 3 aromatic rings. The maximum atomic E-state index is 14.1. The number of halogens is 4. The van der Waals surface area contributed by atoms with E-state index < -0.39 is 17.2 Å². The van der Waals surface area contributed by atoms with E-state index in [1.165, 1.54) is 19.2 Å². The average Bonchev–Trinajstić information content (AvgIpc) is 2.93. The summed E-state index contributed by atoms with van der Waals surface area (Å²) in [7, 11) is 1.50. The predicted octanol–water partition coefficient (Wildman–Crippen LogP) is 6.72. The van der Waals surface area contributed by atoms with E-state index in [1.807, 2.05) is 36.4 Å². The molecule has 0 radical (unpaired) electrons. The van der Waals surface area contributed by atoms with Crippen LogP contribution in [0.1, 0.15) is 36.0 Å². The first-order chi connectivity index (χ1) is 18.8. The zero-order valence-electron chi connectivity index (χ0n) is 21.7. The number of aliphatic hydroxyl groups is 1. The van der Waals surface area contributed by atoms with Crippen molar-refractivity contribution < 1.29 is 23.5 Å². The minimum Gasteiger partial charge on any atom is -0.385 e. The van der Waals surface area contributed by atoms with E-state index in [9.17, 15) is 13.9 Å². The van der Waals surface area contributed by atoms with Crippen molar-refractivity contribution in [2.24, 2.45) is 0 Å². The number of hydroxylamine groups is 1. The van der Waals surface area contributed by atoms with Crippen LogP contribution in [0.3, 0.4) is 0 Å². The molecule has 1 aliphatic rings. The van der Waals surface area contributed by atoms with Crippen LogP contribution in [0, 0.1) is 11.6 Å². The molecule has 39 heavy (non-hydrogen) atoms. The molecule has 0 atom stereocenters. The average molecular weight is 577 g/mol. The summed E-state index contributed by atoms with van der Waals surface area (Å²) in [5.41, 5.74) is 5.68. The maximum Gasteiger partial charge on any atom is 0.131 e. The molecule has 0 aromatic heterocycles. The van der Waals surface area contributed by atoms with E-state index in [-0.39, 0.29) is 18.8 Å². The number of benzene rings is 3. The molecule has 0 spiro atoms. The first kappa shape index (κ1) is 29.5. The zero-order chi connectivity index (χ0) is 27.8. The summed E-state index contributed by atoms with van der Waals surface area (Å²) in [6, 6.07) is 18.6. The molecule has 208 valence electrons. The van der Waals surface area contributed by atoms with Gasteiger partial charge in [-0.05, 0) is 54.2 Å². The molecule has 0 unspecified atom stereocenters. The number of hydrogen-bond acceptors (Lipinski definition) is 5. The number of nitrogens with zero attached hydrogens (tertiary/aromatic N) is 1. The zero-order valence-corrected chi connectivity index (χ0v) is 23.2. The minimum absolute atomic E-state index is 0.0418. The van der Waals surface area contributed by atoms with Crippen LogP contribution in [0.15, 0.2) is 72.4 Å². The molecule has 9 heteroatoms. The molecule has 1 fully saturated rings. The van der Waals surface area contributed by atoms with Gasteiger partial charge in [0.25, 0.3) is 0 Å². The van der Waals surface area contributed by atoms with Gasteiger partial charge >= 0.3 is 0 Å². The number of hydrogen-bond donors (Lipinski definition) is 2. The lowest BCUT2D eigenvalue weighted by molar-refractivity contribution is -0.0253. The molecule has 0 saturated carbocycles. The summed E-state index contributed by atoms with van der Waals surface area (Å²) < 4.78 is 33.2. The van der Waals surface area contributed by atoms with Gasteiger partial charge in [0.05, 0.1) is 41.7 Å². The third-order valence-corrected chi connectivity index (χ3v) is 7.79. The first-order valence-electron chi connectivity index (χ1n) is 12.8. The van der Waals surface area contributed by atoms with E-state index in [1.54, 1.807) is 12.1 Å². The van der Waals surface area contributed by atoms with Gasteiger partial charge in [0, 0.05) is 31.3 Å². The highest BCUT2D eigenvalue weighted by Gasteiger charge is 2.33. The Balaban J connectivity index is 1.49. The van der Waals surface area contributed by atoms with E-state index in [0.29, 0.717) is 35.0 Å². The van der Waals surface area contributed by atoms with Crippen LogP contribution >= 0.6 is 23.2 Å². The fraction of sp³-hybridized carbons (Fsp3) is 0.333. The Morgan fingerprint density at radius 2 is 1.74 bits per heavy atom. The molecule has 5 nitrogen and oxygen atoms in total. The van der Waals surface area contributed by atoms with Crippen LogP contribution in [0.2, 0.25) is 10.0 Å². The Kier molecular flexibility index (Phi) is 10.4. The summed E-state index contributed by atoms with van der Waals surface area (Å²) in [4.78, 5) is 7.57. The smallest absolute Gasteiger partial charge is 0.131 e. The second kappa shape index (κ2) is 13.7. The monoisotopic (exact) mass is 576 g/mol. The number of rotatable bonds is 11. The SMILES string of the molecule is CONC(COCc1ccc(F)cc1F)=C(CCN1CCC(O)(c2ccccc2)CC1)c1ccc(Cl)c(Cl)c1. The van der Waals surface area contributed by atoms with Crippen molar-refractivity contribution >= 4 is 28.8 Å². The lowest BCUT2D eigenvalue weighted by Gasteiger charge is -2.38. The molecule has 1 saturated heterocycles. The Labute approximate surface area is 237 Å². The van der Waals surface area contributed by atoms with Gasteiger partial charge in [0.15, 0.2) is 0 Å². The topological polar surface area (TPSA) is 54.0 Å².